The SMILES string of the molecule is COC(=O)C1CN(C(=O)CCOc2ccccc2)CC1C. The molecule has 1 fully saturated rings. The standard InChI is InChI=1S/C16H21NO4/c1-12-10-17(11-14(12)16(19)20-2)15(18)8-9-21-13-6-4-3-5-7-13/h3-7,12,14H,8-11H2,1-2H3. The molecule has 1 aromatic rings. The number of benzene rings is 1. The molecule has 0 N–H and O–H groups in total. The molecule has 1 aliphatic heterocycles. The van der Waals surface area contributed by atoms with E-state index in [1.807, 2.05) is 37.3 Å². The van der Waals surface area contributed by atoms with E-state index in [4.69, 9.17) is 9.47 Å². The van der Waals surface area contributed by atoms with Gasteiger partial charge in [0.05, 0.1) is 26.1 Å². The van der Waals surface area contributed by atoms with Gasteiger partial charge in [-0.05, 0) is 18.1 Å². The van der Waals surface area contributed by atoms with Crippen molar-refractivity contribution in [1.29, 1.82) is 0 Å². The Bertz CT molecular complexity index is 488. The highest BCUT2D eigenvalue weighted by Gasteiger charge is 2.37. The Balaban J connectivity index is 1.78. The second-order valence-corrected chi connectivity index (χ2v) is 5.32. The molecule has 0 spiro atoms. The number of carbonyl (C=O) groups is 2. The molecular formula is C16H21NO4. The molecular weight excluding hydrogens is 270 g/mol. The average molecular weight is 291 g/mol. The Morgan fingerprint density at radius 2 is 1.95 bits per heavy atom. The quantitative estimate of drug-likeness (QED) is 0.775. The van der Waals surface area contributed by atoms with Gasteiger partial charge in [-0.2, -0.15) is 0 Å². The highest BCUT2D eigenvalue weighted by Crippen LogP contribution is 2.24. The number of rotatable bonds is 5. The van der Waals surface area contributed by atoms with Gasteiger partial charge in [0.2, 0.25) is 5.91 Å². The zero-order valence-corrected chi connectivity index (χ0v) is 12.5. The summed E-state index contributed by atoms with van der Waals surface area (Å²) >= 11 is 0. The van der Waals surface area contributed by atoms with Crippen LogP contribution in [0.25, 0.3) is 0 Å². The van der Waals surface area contributed by atoms with Crippen molar-refractivity contribution in [3.8, 4) is 5.75 Å². The zero-order valence-electron chi connectivity index (χ0n) is 12.5. The minimum Gasteiger partial charge on any atom is -0.493 e. The lowest BCUT2D eigenvalue weighted by molar-refractivity contribution is -0.146. The number of nitrogens with zero attached hydrogens (tertiary/aromatic N) is 1. The molecule has 1 amide bonds. The topological polar surface area (TPSA) is 55.8 Å². The Hall–Kier alpha value is -2.04. The predicted molar refractivity (Wildman–Crippen MR) is 77.8 cm³/mol. The van der Waals surface area contributed by atoms with Gasteiger partial charge in [0.25, 0.3) is 0 Å². The molecule has 0 aromatic heterocycles. The first kappa shape index (κ1) is 15.4. The van der Waals surface area contributed by atoms with Gasteiger partial charge in [-0.1, -0.05) is 25.1 Å². The van der Waals surface area contributed by atoms with Crippen molar-refractivity contribution in [3.05, 3.63) is 30.3 Å². The molecule has 1 saturated heterocycles. The van der Waals surface area contributed by atoms with Crippen LogP contribution in [0.3, 0.4) is 0 Å². The summed E-state index contributed by atoms with van der Waals surface area (Å²) in [4.78, 5) is 25.5. The van der Waals surface area contributed by atoms with E-state index in [2.05, 4.69) is 0 Å². The minimum atomic E-state index is -0.238. The Morgan fingerprint density at radius 1 is 1.24 bits per heavy atom. The van der Waals surface area contributed by atoms with E-state index in [1.54, 1.807) is 4.90 Å². The number of para-hydroxylation sites is 1. The van der Waals surface area contributed by atoms with Crippen LogP contribution in [0, 0.1) is 11.8 Å². The van der Waals surface area contributed by atoms with Gasteiger partial charge in [-0.25, -0.2) is 0 Å². The van der Waals surface area contributed by atoms with Gasteiger partial charge in [0.1, 0.15) is 5.75 Å². The number of esters is 1. The van der Waals surface area contributed by atoms with Crippen molar-refractivity contribution in [1.82, 2.24) is 4.90 Å². The van der Waals surface area contributed by atoms with Crippen LogP contribution in [0.15, 0.2) is 30.3 Å². The summed E-state index contributed by atoms with van der Waals surface area (Å²) in [6.07, 6.45) is 0.315. The lowest BCUT2D eigenvalue weighted by atomic mass is 9.99. The van der Waals surface area contributed by atoms with Crippen LogP contribution in [-0.4, -0.2) is 43.6 Å². The molecule has 21 heavy (non-hydrogen) atoms. The van der Waals surface area contributed by atoms with Crippen molar-refractivity contribution in [2.24, 2.45) is 11.8 Å². The molecule has 114 valence electrons. The monoisotopic (exact) mass is 291 g/mol. The Kier molecular flexibility index (Phi) is 5.20. The molecule has 2 unspecified atom stereocenters. The summed E-state index contributed by atoms with van der Waals surface area (Å²) in [5.41, 5.74) is 0. The summed E-state index contributed by atoms with van der Waals surface area (Å²) < 4.78 is 10.3. The van der Waals surface area contributed by atoms with E-state index < -0.39 is 0 Å². The van der Waals surface area contributed by atoms with Gasteiger partial charge in [0.15, 0.2) is 0 Å². The summed E-state index contributed by atoms with van der Waals surface area (Å²) in [6, 6.07) is 9.41. The van der Waals surface area contributed by atoms with Crippen LogP contribution in [0.5, 0.6) is 5.75 Å². The maximum atomic E-state index is 12.1. The average Bonchev–Trinajstić information content (AvgIpc) is 2.89. The highest BCUT2D eigenvalue weighted by atomic mass is 16.5. The van der Waals surface area contributed by atoms with Crippen molar-refractivity contribution in [2.45, 2.75) is 13.3 Å². The summed E-state index contributed by atoms with van der Waals surface area (Å²) in [5, 5.41) is 0. The van der Waals surface area contributed by atoms with Crippen molar-refractivity contribution in [2.75, 3.05) is 26.8 Å². The second-order valence-electron chi connectivity index (χ2n) is 5.32. The van der Waals surface area contributed by atoms with Crippen LogP contribution in [0.4, 0.5) is 0 Å². The number of hydrogen-bond acceptors (Lipinski definition) is 4. The molecule has 2 rings (SSSR count). The van der Waals surface area contributed by atoms with E-state index in [1.165, 1.54) is 7.11 Å². The van der Waals surface area contributed by atoms with E-state index in [-0.39, 0.29) is 23.7 Å². The maximum Gasteiger partial charge on any atom is 0.310 e. The van der Waals surface area contributed by atoms with Crippen LogP contribution in [0.1, 0.15) is 13.3 Å². The van der Waals surface area contributed by atoms with E-state index in [9.17, 15) is 9.59 Å². The number of methoxy groups -OCH3 is 1. The van der Waals surface area contributed by atoms with Crippen LogP contribution in [0.2, 0.25) is 0 Å². The zero-order chi connectivity index (χ0) is 15.2. The summed E-state index contributed by atoms with van der Waals surface area (Å²) in [7, 11) is 1.38. The lowest BCUT2D eigenvalue weighted by Crippen LogP contribution is -2.31. The number of amides is 1. The van der Waals surface area contributed by atoms with Gasteiger partial charge < -0.3 is 14.4 Å². The number of carbonyl (C=O) groups excluding carboxylic acids is 2. The third-order valence-corrected chi connectivity index (χ3v) is 3.80. The number of ether oxygens (including phenoxy) is 2. The third-order valence-electron chi connectivity index (χ3n) is 3.80. The fourth-order valence-corrected chi connectivity index (χ4v) is 2.56. The largest absolute Gasteiger partial charge is 0.493 e. The van der Waals surface area contributed by atoms with Crippen LogP contribution < -0.4 is 4.74 Å². The third kappa shape index (κ3) is 3.97. The molecule has 5 nitrogen and oxygen atoms in total. The lowest BCUT2D eigenvalue weighted by Gasteiger charge is -2.16. The van der Waals surface area contributed by atoms with Crippen molar-refractivity contribution >= 4 is 11.9 Å². The van der Waals surface area contributed by atoms with Crippen molar-refractivity contribution in [3.63, 3.8) is 0 Å². The second kappa shape index (κ2) is 7.11. The van der Waals surface area contributed by atoms with Gasteiger partial charge in [0, 0.05) is 13.1 Å². The van der Waals surface area contributed by atoms with Gasteiger partial charge in [-0.15, -0.1) is 0 Å². The fourth-order valence-electron chi connectivity index (χ4n) is 2.56. The molecule has 1 heterocycles. The normalized spacial score (nSPS) is 21.1. The smallest absolute Gasteiger partial charge is 0.310 e. The molecule has 0 radical (unpaired) electrons. The van der Waals surface area contributed by atoms with E-state index in [0.717, 1.165) is 5.75 Å². The highest BCUT2D eigenvalue weighted by molar-refractivity contribution is 5.79. The molecule has 1 aromatic carbocycles. The molecule has 5 heteroatoms. The first-order chi connectivity index (χ1) is 10.1. The molecule has 2 atom stereocenters. The van der Waals surface area contributed by atoms with Crippen LogP contribution in [-0.2, 0) is 14.3 Å². The van der Waals surface area contributed by atoms with E-state index in [0.29, 0.717) is 26.1 Å². The minimum absolute atomic E-state index is 0.0178. The maximum absolute atomic E-state index is 12.1. The molecule has 1 aliphatic rings. The first-order valence-electron chi connectivity index (χ1n) is 7.15. The van der Waals surface area contributed by atoms with Crippen molar-refractivity contribution < 1.29 is 19.1 Å². The number of likely N-dealkylation sites (tertiary alicyclic amines) is 1. The van der Waals surface area contributed by atoms with Gasteiger partial charge in [-0.3, -0.25) is 9.59 Å². The molecule has 0 aliphatic carbocycles. The number of hydrogen-bond donors (Lipinski definition) is 0. The summed E-state index contributed by atoms with van der Waals surface area (Å²) in [6.45, 7) is 3.36. The van der Waals surface area contributed by atoms with E-state index >= 15 is 0 Å². The fraction of sp³-hybridized carbons (Fsp3) is 0.500. The summed E-state index contributed by atoms with van der Waals surface area (Å²) in [5.74, 6) is 0.459. The Labute approximate surface area is 124 Å². The molecule has 0 saturated carbocycles. The van der Waals surface area contributed by atoms with Gasteiger partial charge >= 0.3 is 5.97 Å². The van der Waals surface area contributed by atoms with Crippen LogP contribution >= 0.6 is 0 Å². The molecule has 0 bridgehead atoms. The predicted octanol–water partition coefficient (Wildman–Crippen LogP) is 1.72. The first-order valence-corrected chi connectivity index (χ1v) is 7.15. The Morgan fingerprint density at radius 3 is 2.62 bits per heavy atom.